The summed E-state index contributed by atoms with van der Waals surface area (Å²) in [6.07, 6.45) is 0. The van der Waals surface area contributed by atoms with E-state index < -0.39 is 0 Å². The SMILES string of the molecule is CC1(C)c2ccccc2-c2cccc(-c3ccc4cc(-c5c6ccccc6c(-c6cccc7ccccc67)c6ccccc56)ccc4c3)c21. The Bertz CT molecular complexity index is 2730. The van der Waals surface area contributed by atoms with Crippen molar-refractivity contribution < 1.29 is 0 Å². The first kappa shape index (κ1) is 28.1. The van der Waals surface area contributed by atoms with Crippen molar-refractivity contribution in [2.75, 3.05) is 0 Å². The number of rotatable bonds is 3. The molecule has 0 saturated carbocycles. The van der Waals surface area contributed by atoms with Crippen LogP contribution in [-0.4, -0.2) is 0 Å². The van der Waals surface area contributed by atoms with Gasteiger partial charge in [0.05, 0.1) is 0 Å². The zero-order valence-electron chi connectivity index (χ0n) is 27.7. The van der Waals surface area contributed by atoms with Crippen molar-refractivity contribution in [1.82, 2.24) is 0 Å². The highest BCUT2D eigenvalue weighted by Gasteiger charge is 2.37. The Hall–Kier alpha value is -5.98. The van der Waals surface area contributed by atoms with E-state index in [4.69, 9.17) is 0 Å². The van der Waals surface area contributed by atoms with Gasteiger partial charge in [0.1, 0.15) is 0 Å². The first-order valence-corrected chi connectivity index (χ1v) is 17.3. The molecular formula is C49H34. The summed E-state index contributed by atoms with van der Waals surface area (Å²) in [6.45, 7) is 4.74. The third-order valence-electron chi connectivity index (χ3n) is 11.0. The molecule has 0 atom stereocenters. The number of hydrogen-bond acceptors (Lipinski definition) is 0. The van der Waals surface area contributed by atoms with Crippen molar-refractivity contribution >= 4 is 43.1 Å². The van der Waals surface area contributed by atoms with Crippen LogP contribution >= 0.6 is 0 Å². The summed E-state index contributed by atoms with van der Waals surface area (Å²) in [7, 11) is 0. The minimum atomic E-state index is -0.0539. The zero-order chi connectivity index (χ0) is 32.7. The van der Waals surface area contributed by atoms with Crippen LogP contribution in [0.5, 0.6) is 0 Å². The topological polar surface area (TPSA) is 0 Å². The number of benzene rings is 9. The fourth-order valence-electron chi connectivity index (χ4n) is 8.83. The van der Waals surface area contributed by atoms with Crippen LogP contribution in [0.2, 0.25) is 0 Å². The molecule has 0 aliphatic heterocycles. The summed E-state index contributed by atoms with van der Waals surface area (Å²) in [5.41, 5.74) is 13.2. The lowest BCUT2D eigenvalue weighted by Gasteiger charge is -2.24. The molecular weight excluding hydrogens is 589 g/mol. The standard InChI is InChI=1S/C49H34/c1-49(2)45-24-10-9-16-38(45)44-23-12-21-37(48(44)49)34-27-25-33-30-35(28-26-32(33)29-34)46-40-17-5-7-19-42(40)47(43-20-8-6-18-41(43)46)39-22-11-14-31-13-3-4-15-36(31)39/h3-30H,1-2H3. The highest BCUT2D eigenvalue weighted by atomic mass is 14.4. The Kier molecular flexibility index (Phi) is 6.02. The van der Waals surface area contributed by atoms with Crippen LogP contribution in [0.3, 0.4) is 0 Å². The maximum Gasteiger partial charge on any atom is 0.0165 e. The largest absolute Gasteiger partial charge is 0.0619 e. The van der Waals surface area contributed by atoms with E-state index in [2.05, 4.69) is 184 Å². The Morgan fingerprint density at radius 3 is 1.55 bits per heavy atom. The molecule has 0 amide bonds. The maximum absolute atomic E-state index is 2.39. The fourth-order valence-corrected chi connectivity index (χ4v) is 8.83. The first-order valence-electron chi connectivity index (χ1n) is 17.3. The molecule has 0 nitrogen and oxygen atoms in total. The average molecular weight is 623 g/mol. The molecule has 0 N–H and O–H groups in total. The van der Waals surface area contributed by atoms with Crippen LogP contribution < -0.4 is 0 Å². The van der Waals surface area contributed by atoms with E-state index in [1.807, 2.05) is 0 Å². The molecule has 0 saturated heterocycles. The molecule has 1 aliphatic carbocycles. The lowest BCUT2D eigenvalue weighted by atomic mass is 9.78. The van der Waals surface area contributed by atoms with Crippen LogP contribution in [0.4, 0.5) is 0 Å². The molecule has 9 aromatic rings. The smallest absolute Gasteiger partial charge is 0.0165 e. The van der Waals surface area contributed by atoms with Crippen LogP contribution in [0.25, 0.3) is 87.6 Å². The van der Waals surface area contributed by atoms with Crippen LogP contribution in [0.1, 0.15) is 25.0 Å². The van der Waals surface area contributed by atoms with Crippen LogP contribution in [0.15, 0.2) is 170 Å². The van der Waals surface area contributed by atoms with Crippen molar-refractivity contribution in [3.63, 3.8) is 0 Å². The van der Waals surface area contributed by atoms with Gasteiger partial charge < -0.3 is 0 Å². The second kappa shape index (κ2) is 10.5. The first-order chi connectivity index (χ1) is 24.1. The highest BCUT2D eigenvalue weighted by Crippen LogP contribution is 2.52. The van der Waals surface area contributed by atoms with Gasteiger partial charge in [0.2, 0.25) is 0 Å². The lowest BCUT2D eigenvalue weighted by Crippen LogP contribution is -2.16. The summed E-state index contributed by atoms with van der Waals surface area (Å²) >= 11 is 0. The molecule has 0 spiro atoms. The van der Waals surface area contributed by atoms with E-state index in [-0.39, 0.29) is 5.41 Å². The fraction of sp³-hybridized carbons (Fsp3) is 0.0612. The quantitative estimate of drug-likeness (QED) is 0.172. The average Bonchev–Trinajstić information content (AvgIpc) is 3.39. The van der Waals surface area contributed by atoms with Crippen molar-refractivity contribution in [3.05, 3.63) is 181 Å². The van der Waals surface area contributed by atoms with E-state index in [0.717, 1.165) is 0 Å². The molecule has 49 heavy (non-hydrogen) atoms. The third kappa shape index (κ3) is 4.11. The zero-order valence-corrected chi connectivity index (χ0v) is 27.7. The molecule has 10 rings (SSSR count). The van der Waals surface area contributed by atoms with Gasteiger partial charge in [0.25, 0.3) is 0 Å². The van der Waals surface area contributed by atoms with Crippen molar-refractivity contribution in [2.45, 2.75) is 19.3 Å². The molecule has 0 fully saturated rings. The van der Waals surface area contributed by atoms with Gasteiger partial charge in [0.15, 0.2) is 0 Å². The molecule has 9 aromatic carbocycles. The van der Waals surface area contributed by atoms with Crippen LogP contribution in [0, 0.1) is 0 Å². The number of hydrogen-bond donors (Lipinski definition) is 0. The Labute approximate surface area is 286 Å². The molecule has 0 heteroatoms. The highest BCUT2D eigenvalue weighted by molar-refractivity contribution is 6.23. The third-order valence-corrected chi connectivity index (χ3v) is 11.0. The van der Waals surface area contributed by atoms with Gasteiger partial charge in [-0.2, -0.15) is 0 Å². The van der Waals surface area contributed by atoms with E-state index in [1.54, 1.807) is 0 Å². The predicted molar refractivity (Wildman–Crippen MR) is 210 cm³/mol. The van der Waals surface area contributed by atoms with Gasteiger partial charge in [-0.05, 0) is 111 Å². The van der Waals surface area contributed by atoms with Crippen molar-refractivity contribution in [3.8, 4) is 44.5 Å². The van der Waals surface area contributed by atoms with E-state index in [1.165, 1.54) is 98.7 Å². The minimum absolute atomic E-state index is 0.0539. The van der Waals surface area contributed by atoms with Gasteiger partial charge in [0, 0.05) is 5.41 Å². The molecule has 0 bridgehead atoms. The predicted octanol–water partition coefficient (Wildman–Crippen LogP) is 13.6. The van der Waals surface area contributed by atoms with E-state index in [0.29, 0.717) is 0 Å². The minimum Gasteiger partial charge on any atom is -0.0619 e. The second-order valence-electron chi connectivity index (χ2n) is 14.0. The van der Waals surface area contributed by atoms with Crippen molar-refractivity contribution in [1.29, 1.82) is 0 Å². The van der Waals surface area contributed by atoms with Crippen molar-refractivity contribution in [2.24, 2.45) is 0 Å². The summed E-state index contributed by atoms with van der Waals surface area (Å²) in [4.78, 5) is 0. The molecule has 0 heterocycles. The second-order valence-corrected chi connectivity index (χ2v) is 14.0. The lowest BCUT2D eigenvalue weighted by molar-refractivity contribution is 0.662. The van der Waals surface area contributed by atoms with Gasteiger partial charge in [-0.25, -0.2) is 0 Å². The van der Waals surface area contributed by atoms with Crippen LogP contribution in [-0.2, 0) is 5.41 Å². The Morgan fingerprint density at radius 1 is 0.327 bits per heavy atom. The van der Waals surface area contributed by atoms with Gasteiger partial charge >= 0.3 is 0 Å². The Balaban J connectivity index is 1.16. The molecule has 0 aromatic heterocycles. The summed E-state index contributed by atoms with van der Waals surface area (Å²) in [5, 5.41) is 10.2. The van der Waals surface area contributed by atoms with E-state index >= 15 is 0 Å². The summed E-state index contributed by atoms with van der Waals surface area (Å²) in [6, 6.07) is 63.1. The van der Waals surface area contributed by atoms with E-state index in [9.17, 15) is 0 Å². The molecule has 0 unspecified atom stereocenters. The monoisotopic (exact) mass is 622 g/mol. The summed E-state index contributed by atoms with van der Waals surface area (Å²) in [5.74, 6) is 0. The number of fused-ring (bicyclic) bond motifs is 7. The molecule has 0 radical (unpaired) electrons. The maximum atomic E-state index is 2.39. The van der Waals surface area contributed by atoms with Gasteiger partial charge in [-0.1, -0.05) is 172 Å². The normalized spacial score (nSPS) is 13.3. The molecule has 1 aliphatic rings. The Morgan fingerprint density at radius 2 is 0.816 bits per heavy atom. The van der Waals surface area contributed by atoms with Gasteiger partial charge in [-0.3, -0.25) is 0 Å². The summed E-state index contributed by atoms with van der Waals surface area (Å²) < 4.78 is 0. The molecule has 230 valence electrons. The van der Waals surface area contributed by atoms with Gasteiger partial charge in [-0.15, -0.1) is 0 Å².